The van der Waals surface area contributed by atoms with Crippen LogP contribution in [-0.4, -0.2) is 23.8 Å². The monoisotopic (exact) mass is 268 g/mol. The first-order valence-electron chi connectivity index (χ1n) is 6.15. The molecule has 0 radical (unpaired) electrons. The number of fused-ring (bicyclic) bond motifs is 2. The van der Waals surface area contributed by atoms with E-state index < -0.39 is 0 Å². The molecule has 4 nitrogen and oxygen atoms in total. The van der Waals surface area contributed by atoms with Crippen molar-refractivity contribution in [3.8, 4) is 11.5 Å². The molecule has 2 aromatic carbocycles. The van der Waals surface area contributed by atoms with Gasteiger partial charge in [-0.1, -0.05) is 24.3 Å². The zero-order valence-electron chi connectivity index (χ0n) is 11.1. The van der Waals surface area contributed by atoms with Gasteiger partial charge in [0.2, 0.25) is 0 Å². The number of carbonyl (C=O) groups excluding carboxylic acids is 2. The number of methoxy groups -OCH3 is 1. The minimum absolute atomic E-state index is 0.135. The first-order chi connectivity index (χ1) is 9.56. The van der Waals surface area contributed by atoms with Gasteiger partial charge in [-0.2, -0.15) is 0 Å². The summed E-state index contributed by atoms with van der Waals surface area (Å²) in [7, 11) is 1.41. The summed E-state index contributed by atoms with van der Waals surface area (Å²) in [6, 6.07) is 8.00. The van der Waals surface area contributed by atoms with E-state index in [9.17, 15) is 14.7 Å². The summed E-state index contributed by atoms with van der Waals surface area (Å²) in [4.78, 5) is 25.0. The quantitative estimate of drug-likeness (QED) is 0.736. The summed E-state index contributed by atoms with van der Waals surface area (Å²) in [6.45, 7) is 1.66. The second kappa shape index (κ2) is 4.20. The third-order valence-corrected chi connectivity index (χ3v) is 3.59. The highest BCUT2D eigenvalue weighted by Gasteiger charge is 2.32. The minimum Gasteiger partial charge on any atom is -0.504 e. The molecular weight excluding hydrogens is 256 g/mol. The normalized spacial score (nSPS) is 12.9. The van der Waals surface area contributed by atoms with Crippen LogP contribution < -0.4 is 4.74 Å². The molecule has 3 rings (SSSR count). The van der Waals surface area contributed by atoms with E-state index in [0.29, 0.717) is 22.3 Å². The van der Waals surface area contributed by atoms with Gasteiger partial charge in [0.15, 0.2) is 23.1 Å². The summed E-state index contributed by atoms with van der Waals surface area (Å²) < 4.78 is 5.10. The Morgan fingerprint density at radius 3 is 2.20 bits per heavy atom. The number of ether oxygens (including phenoxy) is 1. The Morgan fingerprint density at radius 2 is 1.60 bits per heavy atom. The average molecular weight is 268 g/mol. The van der Waals surface area contributed by atoms with Crippen molar-refractivity contribution in [1.29, 1.82) is 0 Å². The van der Waals surface area contributed by atoms with Gasteiger partial charge >= 0.3 is 0 Å². The Balaban J connectivity index is 2.37. The topological polar surface area (TPSA) is 63.6 Å². The Bertz CT molecular complexity index is 759. The molecule has 4 heteroatoms. The number of phenols is 1. The largest absolute Gasteiger partial charge is 0.504 e. The number of hydrogen-bond acceptors (Lipinski definition) is 4. The van der Waals surface area contributed by atoms with Crippen molar-refractivity contribution in [1.82, 2.24) is 0 Å². The SMILES string of the molecule is COc1c(O)cc2c(c1C)C(=O)c1ccccc1C2=O. The maximum absolute atomic E-state index is 12.6. The maximum Gasteiger partial charge on any atom is 0.194 e. The van der Waals surface area contributed by atoms with Crippen molar-refractivity contribution in [3.05, 3.63) is 58.1 Å². The molecule has 1 aliphatic carbocycles. The molecule has 0 aromatic heterocycles. The lowest BCUT2D eigenvalue weighted by atomic mass is 9.81. The van der Waals surface area contributed by atoms with Crippen molar-refractivity contribution in [2.75, 3.05) is 7.11 Å². The van der Waals surface area contributed by atoms with E-state index in [1.807, 2.05) is 0 Å². The van der Waals surface area contributed by atoms with Crippen LogP contribution in [0.2, 0.25) is 0 Å². The van der Waals surface area contributed by atoms with Gasteiger partial charge in [0.1, 0.15) is 0 Å². The van der Waals surface area contributed by atoms with Gasteiger partial charge in [-0.15, -0.1) is 0 Å². The third-order valence-electron chi connectivity index (χ3n) is 3.59. The Hall–Kier alpha value is -2.62. The molecular formula is C16H12O4. The van der Waals surface area contributed by atoms with Crippen molar-refractivity contribution in [3.63, 3.8) is 0 Å². The number of phenolic OH excluding ortho intramolecular Hbond substituents is 1. The third kappa shape index (κ3) is 1.48. The molecule has 0 atom stereocenters. The van der Waals surface area contributed by atoms with Crippen LogP contribution in [0.1, 0.15) is 37.4 Å². The average Bonchev–Trinajstić information content (AvgIpc) is 2.45. The van der Waals surface area contributed by atoms with E-state index in [2.05, 4.69) is 0 Å². The predicted octanol–water partition coefficient (Wildman–Crippen LogP) is 2.48. The van der Waals surface area contributed by atoms with Gasteiger partial charge in [-0.05, 0) is 13.0 Å². The molecule has 1 aliphatic rings. The van der Waals surface area contributed by atoms with Gasteiger partial charge < -0.3 is 9.84 Å². The van der Waals surface area contributed by atoms with Gasteiger partial charge in [-0.3, -0.25) is 9.59 Å². The number of carbonyl (C=O) groups is 2. The molecule has 2 aromatic rings. The van der Waals surface area contributed by atoms with Crippen LogP contribution in [0.3, 0.4) is 0 Å². The molecule has 1 N–H and O–H groups in total. The molecule has 0 fully saturated rings. The summed E-state index contributed by atoms with van der Waals surface area (Å²) in [6.07, 6.45) is 0. The first kappa shape index (κ1) is 12.4. The van der Waals surface area contributed by atoms with Gasteiger partial charge in [0, 0.05) is 27.8 Å². The second-order valence-corrected chi connectivity index (χ2v) is 4.68. The van der Waals surface area contributed by atoms with Crippen molar-refractivity contribution in [2.45, 2.75) is 6.92 Å². The number of hydrogen-bond donors (Lipinski definition) is 1. The molecule has 0 saturated carbocycles. The molecule has 20 heavy (non-hydrogen) atoms. The first-order valence-corrected chi connectivity index (χ1v) is 6.15. The smallest absolute Gasteiger partial charge is 0.194 e. The predicted molar refractivity (Wildman–Crippen MR) is 72.7 cm³/mol. The highest BCUT2D eigenvalue weighted by Crippen LogP contribution is 2.39. The molecule has 100 valence electrons. The van der Waals surface area contributed by atoms with E-state index in [0.717, 1.165) is 0 Å². The zero-order valence-corrected chi connectivity index (χ0v) is 11.1. The number of benzene rings is 2. The van der Waals surface area contributed by atoms with Gasteiger partial charge in [0.25, 0.3) is 0 Å². The van der Waals surface area contributed by atoms with Crippen LogP contribution >= 0.6 is 0 Å². The van der Waals surface area contributed by atoms with Crippen LogP contribution in [0, 0.1) is 6.92 Å². The van der Waals surface area contributed by atoms with Crippen LogP contribution in [0.15, 0.2) is 30.3 Å². The number of rotatable bonds is 1. The highest BCUT2D eigenvalue weighted by atomic mass is 16.5. The summed E-state index contributed by atoms with van der Waals surface area (Å²) in [5.41, 5.74) is 1.78. The van der Waals surface area contributed by atoms with Gasteiger partial charge in [0.05, 0.1) is 7.11 Å². The van der Waals surface area contributed by atoms with E-state index >= 15 is 0 Å². The lowest BCUT2D eigenvalue weighted by Gasteiger charge is -2.21. The fraction of sp³-hybridized carbons (Fsp3) is 0.125. The van der Waals surface area contributed by atoms with Crippen LogP contribution in [0.4, 0.5) is 0 Å². The number of ketones is 2. The minimum atomic E-state index is -0.253. The maximum atomic E-state index is 12.6. The fourth-order valence-corrected chi connectivity index (χ4v) is 2.67. The standard InChI is InChI=1S/C16H12O4/c1-8-13-11(7-12(17)16(8)20-2)14(18)9-5-3-4-6-10(9)15(13)19/h3-7,17H,1-2H3. The molecule has 0 bridgehead atoms. The molecule has 0 amide bonds. The van der Waals surface area contributed by atoms with Crippen molar-refractivity contribution in [2.24, 2.45) is 0 Å². The van der Waals surface area contributed by atoms with Gasteiger partial charge in [-0.25, -0.2) is 0 Å². The number of aromatic hydroxyl groups is 1. The molecule has 0 aliphatic heterocycles. The summed E-state index contributed by atoms with van der Waals surface area (Å²) in [5, 5.41) is 9.91. The second-order valence-electron chi connectivity index (χ2n) is 4.68. The Morgan fingerprint density at radius 1 is 1.00 bits per heavy atom. The fourth-order valence-electron chi connectivity index (χ4n) is 2.67. The van der Waals surface area contributed by atoms with Crippen LogP contribution in [0.25, 0.3) is 0 Å². The molecule has 0 heterocycles. The molecule has 0 unspecified atom stereocenters. The molecule has 0 saturated heterocycles. The van der Waals surface area contributed by atoms with Crippen LogP contribution in [-0.2, 0) is 0 Å². The highest BCUT2D eigenvalue weighted by molar-refractivity contribution is 6.29. The van der Waals surface area contributed by atoms with Crippen molar-refractivity contribution < 1.29 is 19.4 Å². The summed E-state index contributed by atoms with van der Waals surface area (Å²) in [5.74, 6) is -0.379. The van der Waals surface area contributed by atoms with E-state index in [1.165, 1.54) is 13.2 Å². The Kier molecular flexibility index (Phi) is 2.61. The van der Waals surface area contributed by atoms with E-state index in [1.54, 1.807) is 31.2 Å². The summed E-state index contributed by atoms with van der Waals surface area (Å²) >= 11 is 0. The zero-order chi connectivity index (χ0) is 14.4. The molecule has 0 spiro atoms. The van der Waals surface area contributed by atoms with Crippen molar-refractivity contribution >= 4 is 11.6 Å². The van der Waals surface area contributed by atoms with E-state index in [-0.39, 0.29) is 28.6 Å². The lowest BCUT2D eigenvalue weighted by molar-refractivity contribution is 0.0978. The van der Waals surface area contributed by atoms with E-state index in [4.69, 9.17) is 4.74 Å². The van der Waals surface area contributed by atoms with Crippen LogP contribution in [0.5, 0.6) is 11.5 Å². The Labute approximate surface area is 115 Å². The lowest BCUT2D eigenvalue weighted by Crippen LogP contribution is -2.22.